The molecule has 2 N–H and O–H groups in total. The van der Waals surface area contributed by atoms with Crippen LogP contribution in [0.5, 0.6) is 0 Å². The zero-order valence-corrected chi connectivity index (χ0v) is 7.55. The van der Waals surface area contributed by atoms with E-state index in [9.17, 15) is 4.79 Å². The Kier molecular flexibility index (Phi) is 7.73. The smallest absolute Gasteiger partial charge is 0.314 e. The summed E-state index contributed by atoms with van der Waals surface area (Å²) in [6.07, 6.45) is 0. The lowest BCUT2D eigenvalue weighted by molar-refractivity contribution is 0.0727. The van der Waals surface area contributed by atoms with Crippen molar-refractivity contribution < 1.29 is 14.3 Å². The quantitative estimate of drug-likeness (QED) is 0.540. The van der Waals surface area contributed by atoms with E-state index in [1.54, 1.807) is 14.2 Å². The molecule has 2 amide bonds. The van der Waals surface area contributed by atoms with E-state index in [0.29, 0.717) is 26.4 Å². The Morgan fingerprint density at radius 3 is 2.67 bits per heavy atom. The molecule has 0 aromatic carbocycles. The van der Waals surface area contributed by atoms with Gasteiger partial charge in [-0.3, -0.25) is 0 Å². The lowest BCUT2D eigenvalue weighted by atomic mass is 10.6. The van der Waals surface area contributed by atoms with Gasteiger partial charge in [0.2, 0.25) is 0 Å². The van der Waals surface area contributed by atoms with Crippen molar-refractivity contribution in [3.63, 3.8) is 0 Å². The number of methoxy groups -OCH3 is 1. The van der Waals surface area contributed by atoms with E-state index in [0.717, 1.165) is 0 Å². The Morgan fingerprint density at radius 2 is 2.08 bits per heavy atom. The molecular weight excluding hydrogens is 160 g/mol. The maximum atomic E-state index is 10.6. The van der Waals surface area contributed by atoms with Gasteiger partial charge in [-0.15, -0.1) is 0 Å². The van der Waals surface area contributed by atoms with Gasteiger partial charge in [-0.1, -0.05) is 0 Å². The van der Waals surface area contributed by atoms with E-state index in [1.165, 1.54) is 0 Å². The zero-order valence-electron chi connectivity index (χ0n) is 7.55. The SMILES string of the molecule is CNC(=O)NCCOCCOC. The molecule has 5 nitrogen and oxygen atoms in total. The van der Waals surface area contributed by atoms with Crippen LogP contribution in [-0.2, 0) is 9.47 Å². The normalized spacial score (nSPS) is 9.50. The maximum absolute atomic E-state index is 10.6. The van der Waals surface area contributed by atoms with Crippen molar-refractivity contribution in [1.29, 1.82) is 0 Å². The van der Waals surface area contributed by atoms with Crippen LogP contribution in [0, 0.1) is 0 Å². The molecule has 12 heavy (non-hydrogen) atoms. The molecule has 5 heteroatoms. The number of ether oxygens (including phenoxy) is 2. The Morgan fingerprint density at radius 1 is 1.33 bits per heavy atom. The molecular formula is C7H16N2O3. The predicted molar refractivity (Wildman–Crippen MR) is 45.2 cm³/mol. The summed E-state index contributed by atoms with van der Waals surface area (Å²) in [4.78, 5) is 10.6. The second kappa shape index (κ2) is 8.29. The standard InChI is InChI=1S/C7H16N2O3/c1-8-7(10)9-3-4-12-6-5-11-2/h3-6H2,1-2H3,(H2,8,9,10). The van der Waals surface area contributed by atoms with E-state index >= 15 is 0 Å². The summed E-state index contributed by atoms with van der Waals surface area (Å²) in [5.74, 6) is 0. The summed E-state index contributed by atoms with van der Waals surface area (Å²) in [6.45, 7) is 2.17. The molecule has 0 bridgehead atoms. The van der Waals surface area contributed by atoms with Crippen molar-refractivity contribution in [2.45, 2.75) is 0 Å². The highest BCUT2D eigenvalue weighted by Crippen LogP contribution is 1.74. The van der Waals surface area contributed by atoms with E-state index in [2.05, 4.69) is 10.6 Å². The van der Waals surface area contributed by atoms with Crippen LogP contribution >= 0.6 is 0 Å². The lowest BCUT2D eigenvalue weighted by Crippen LogP contribution is -2.35. The Hall–Kier alpha value is -0.810. The van der Waals surface area contributed by atoms with Crippen LogP contribution in [0.4, 0.5) is 4.79 Å². The van der Waals surface area contributed by atoms with Crippen molar-refractivity contribution in [3.05, 3.63) is 0 Å². The van der Waals surface area contributed by atoms with Gasteiger partial charge in [0, 0.05) is 20.7 Å². The van der Waals surface area contributed by atoms with Crippen molar-refractivity contribution in [3.8, 4) is 0 Å². The first-order valence-electron chi connectivity index (χ1n) is 3.83. The second-order valence-electron chi connectivity index (χ2n) is 2.11. The molecule has 0 atom stereocenters. The number of hydrogen-bond donors (Lipinski definition) is 2. The van der Waals surface area contributed by atoms with Gasteiger partial charge in [0.25, 0.3) is 0 Å². The van der Waals surface area contributed by atoms with E-state index < -0.39 is 0 Å². The summed E-state index contributed by atoms with van der Waals surface area (Å²) >= 11 is 0. The van der Waals surface area contributed by atoms with Gasteiger partial charge in [0.1, 0.15) is 0 Å². The molecule has 0 fully saturated rings. The molecule has 0 aliphatic heterocycles. The van der Waals surface area contributed by atoms with Crippen molar-refractivity contribution in [1.82, 2.24) is 10.6 Å². The van der Waals surface area contributed by atoms with E-state index in [1.807, 2.05) is 0 Å². The zero-order chi connectivity index (χ0) is 9.23. The van der Waals surface area contributed by atoms with Crippen molar-refractivity contribution in [2.75, 3.05) is 40.5 Å². The molecule has 0 aromatic rings. The topological polar surface area (TPSA) is 59.6 Å². The van der Waals surface area contributed by atoms with Gasteiger partial charge < -0.3 is 20.1 Å². The molecule has 0 spiro atoms. The summed E-state index contributed by atoms with van der Waals surface area (Å²) in [5, 5.41) is 5.03. The summed E-state index contributed by atoms with van der Waals surface area (Å²) < 4.78 is 9.87. The molecule has 0 saturated carbocycles. The lowest BCUT2D eigenvalue weighted by Gasteiger charge is -2.04. The molecule has 0 aromatic heterocycles. The molecule has 0 heterocycles. The van der Waals surface area contributed by atoms with Crippen LogP contribution in [0.1, 0.15) is 0 Å². The molecule has 0 saturated heterocycles. The Balaban J connectivity index is 2.95. The van der Waals surface area contributed by atoms with Gasteiger partial charge in [0.15, 0.2) is 0 Å². The summed E-state index contributed by atoms with van der Waals surface area (Å²) in [6, 6.07) is -0.189. The average Bonchev–Trinajstić information content (AvgIpc) is 2.10. The first-order chi connectivity index (χ1) is 5.81. The van der Waals surface area contributed by atoms with Crippen LogP contribution in [0.3, 0.4) is 0 Å². The van der Waals surface area contributed by atoms with E-state index in [4.69, 9.17) is 9.47 Å². The van der Waals surface area contributed by atoms with Gasteiger partial charge in [-0.2, -0.15) is 0 Å². The molecule has 0 rings (SSSR count). The van der Waals surface area contributed by atoms with Crippen molar-refractivity contribution >= 4 is 6.03 Å². The number of rotatable bonds is 6. The first kappa shape index (κ1) is 11.2. The minimum atomic E-state index is -0.189. The van der Waals surface area contributed by atoms with E-state index in [-0.39, 0.29) is 6.03 Å². The third kappa shape index (κ3) is 7.30. The maximum Gasteiger partial charge on any atom is 0.314 e. The van der Waals surface area contributed by atoms with Crippen LogP contribution in [0.25, 0.3) is 0 Å². The van der Waals surface area contributed by atoms with Crippen LogP contribution in [0.2, 0.25) is 0 Å². The van der Waals surface area contributed by atoms with Gasteiger partial charge in [-0.05, 0) is 0 Å². The molecule has 0 unspecified atom stereocenters. The third-order valence-corrected chi connectivity index (χ3v) is 1.19. The predicted octanol–water partition coefficient (Wildman–Crippen LogP) is -0.422. The van der Waals surface area contributed by atoms with Gasteiger partial charge >= 0.3 is 6.03 Å². The number of carbonyl (C=O) groups excluding carboxylic acids is 1. The molecule has 0 aliphatic carbocycles. The molecule has 0 radical (unpaired) electrons. The minimum Gasteiger partial charge on any atom is -0.382 e. The minimum absolute atomic E-state index is 0.189. The molecule has 0 aliphatic rings. The van der Waals surface area contributed by atoms with Gasteiger partial charge in [-0.25, -0.2) is 4.79 Å². The fraction of sp³-hybridized carbons (Fsp3) is 0.857. The fourth-order valence-electron chi connectivity index (χ4n) is 0.569. The first-order valence-corrected chi connectivity index (χ1v) is 3.83. The Labute approximate surface area is 72.4 Å². The number of hydrogen-bond acceptors (Lipinski definition) is 3. The highest BCUT2D eigenvalue weighted by Gasteiger charge is 1.93. The van der Waals surface area contributed by atoms with Crippen LogP contribution < -0.4 is 10.6 Å². The van der Waals surface area contributed by atoms with Gasteiger partial charge in [0.05, 0.1) is 19.8 Å². The second-order valence-corrected chi connectivity index (χ2v) is 2.11. The number of amides is 2. The highest BCUT2D eigenvalue weighted by molar-refractivity contribution is 5.73. The Bertz CT molecular complexity index is 119. The average molecular weight is 176 g/mol. The van der Waals surface area contributed by atoms with Crippen molar-refractivity contribution in [2.24, 2.45) is 0 Å². The largest absolute Gasteiger partial charge is 0.382 e. The highest BCUT2D eigenvalue weighted by atomic mass is 16.5. The van der Waals surface area contributed by atoms with Crippen LogP contribution in [0.15, 0.2) is 0 Å². The number of carbonyl (C=O) groups is 1. The third-order valence-electron chi connectivity index (χ3n) is 1.19. The fourth-order valence-corrected chi connectivity index (χ4v) is 0.569. The molecule has 72 valence electrons. The monoisotopic (exact) mass is 176 g/mol. The number of urea groups is 1. The summed E-state index contributed by atoms with van der Waals surface area (Å²) in [7, 11) is 3.19. The summed E-state index contributed by atoms with van der Waals surface area (Å²) in [5.41, 5.74) is 0. The number of nitrogens with one attached hydrogen (secondary N) is 2. The van der Waals surface area contributed by atoms with Crippen LogP contribution in [-0.4, -0.2) is 46.6 Å².